The van der Waals surface area contributed by atoms with Gasteiger partial charge >= 0.3 is 0 Å². The molecule has 28 heavy (non-hydrogen) atoms. The summed E-state index contributed by atoms with van der Waals surface area (Å²) in [5.41, 5.74) is 1.15. The molecule has 1 aliphatic rings. The molecule has 1 saturated heterocycles. The van der Waals surface area contributed by atoms with Crippen molar-refractivity contribution in [3.05, 3.63) is 63.1 Å². The molecule has 1 amide bonds. The maximum atomic E-state index is 12.8. The van der Waals surface area contributed by atoms with Gasteiger partial charge in [0.2, 0.25) is 15.9 Å². The highest BCUT2D eigenvalue weighted by Gasteiger charge is 2.32. The summed E-state index contributed by atoms with van der Waals surface area (Å²) in [6.07, 6.45) is 1.25. The van der Waals surface area contributed by atoms with Crippen molar-refractivity contribution in [2.75, 3.05) is 18.4 Å². The van der Waals surface area contributed by atoms with Crippen molar-refractivity contribution in [1.82, 2.24) is 4.31 Å². The Balaban J connectivity index is 1.67. The highest BCUT2D eigenvalue weighted by atomic mass is 35.5. The van der Waals surface area contributed by atoms with Crippen molar-refractivity contribution in [3.8, 4) is 0 Å². The monoisotopic (exact) mass is 460 g/mol. The maximum Gasteiger partial charge on any atom is 0.228 e. The first kappa shape index (κ1) is 21.4. The van der Waals surface area contributed by atoms with Gasteiger partial charge in [-0.15, -0.1) is 0 Å². The van der Waals surface area contributed by atoms with E-state index >= 15 is 0 Å². The second-order valence-electron chi connectivity index (χ2n) is 6.70. The zero-order chi connectivity index (χ0) is 20.3. The number of anilines is 1. The summed E-state index contributed by atoms with van der Waals surface area (Å²) in [6.45, 7) is 0.542. The highest BCUT2D eigenvalue weighted by molar-refractivity contribution is 7.88. The maximum absolute atomic E-state index is 12.8. The first-order valence-electron chi connectivity index (χ1n) is 8.73. The van der Waals surface area contributed by atoms with Crippen LogP contribution in [0.15, 0.2) is 42.5 Å². The molecule has 9 heteroatoms. The molecule has 1 atom stereocenters. The van der Waals surface area contributed by atoms with E-state index in [1.165, 1.54) is 4.31 Å². The lowest BCUT2D eigenvalue weighted by atomic mass is 9.99. The average molecular weight is 462 g/mol. The number of halogens is 3. The number of carbonyl (C=O) groups is 1. The first-order valence-corrected chi connectivity index (χ1v) is 11.5. The van der Waals surface area contributed by atoms with Crippen molar-refractivity contribution in [3.63, 3.8) is 0 Å². The number of nitrogens with zero attached hydrogens (tertiary/aromatic N) is 1. The predicted molar refractivity (Wildman–Crippen MR) is 113 cm³/mol. The second-order valence-corrected chi connectivity index (χ2v) is 9.92. The summed E-state index contributed by atoms with van der Waals surface area (Å²) in [7, 11) is -3.58. The van der Waals surface area contributed by atoms with Crippen LogP contribution < -0.4 is 5.32 Å². The minimum Gasteiger partial charge on any atom is -0.326 e. The average Bonchev–Trinajstić information content (AvgIpc) is 2.65. The molecule has 1 aliphatic heterocycles. The van der Waals surface area contributed by atoms with Gasteiger partial charge < -0.3 is 5.32 Å². The fraction of sp³-hybridized carbons (Fsp3) is 0.316. The Morgan fingerprint density at radius 1 is 1.11 bits per heavy atom. The van der Waals surface area contributed by atoms with E-state index in [0.717, 1.165) is 0 Å². The van der Waals surface area contributed by atoms with Crippen LogP contribution in [0.5, 0.6) is 0 Å². The summed E-state index contributed by atoms with van der Waals surface area (Å²) < 4.78 is 27.0. The second kappa shape index (κ2) is 9.01. The van der Waals surface area contributed by atoms with E-state index in [1.54, 1.807) is 42.5 Å². The molecule has 0 bridgehead atoms. The van der Waals surface area contributed by atoms with Crippen LogP contribution in [0.2, 0.25) is 15.1 Å². The van der Waals surface area contributed by atoms with E-state index in [1.807, 2.05) is 0 Å². The first-order chi connectivity index (χ1) is 13.2. The van der Waals surface area contributed by atoms with Gasteiger partial charge in [-0.1, -0.05) is 46.9 Å². The highest BCUT2D eigenvalue weighted by Crippen LogP contribution is 2.26. The zero-order valence-corrected chi connectivity index (χ0v) is 18.0. The lowest BCUT2D eigenvalue weighted by Gasteiger charge is -2.31. The largest absolute Gasteiger partial charge is 0.326 e. The Hall–Kier alpha value is -1.31. The van der Waals surface area contributed by atoms with Crippen molar-refractivity contribution in [1.29, 1.82) is 0 Å². The van der Waals surface area contributed by atoms with E-state index in [2.05, 4.69) is 5.32 Å². The van der Waals surface area contributed by atoms with Gasteiger partial charge in [-0.05, 0) is 48.7 Å². The van der Waals surface area contributed by atoms with Crippen LogP contribution in [-0.2, 0) is 20.6 Å². The van der Waals surface area contributed by atoms with Crippen LogP contribution >= 0.6 is 34.8 Å². The molecule has 1 unspecified atom stereocenters. The van der Waals surface area contributed by atoms with Gasteiger partial charge in [-0.25, -0.2) is 12.7 Å². The fourth-order valence-corrected chi connectivity index (χ4v) is 5.26. The van der Waals surface area contributed by atoms with Gasteiger partial charge in [0, 0.05) is 23.8 Å². The molecule has 1 N–H and O–H groups in total. The quantitative estimate of drug-likeness (QED) is 0.693. The smallest absolute Gasteiger partial charge is 0.228 e. The van der Waals surface area contributed by atoms with Crippen LogP contribution in [0.25, 0.3) is 0 Å². The van der Waals surface area contributed by atoms with Crippen LogP contribution in [0.4, 0.5) is 5.69 Å². The van der Waals surface area contributed by atoms with Crippen LogP contribution in [0, 0.1) is 5.92 Å². The van der Waals surface area contributed by atoms with Gasteiger partial charge in [0.05, 0.1) is 21.7 Å². The third-order valence-electron chi connectivity index (χ3n) is 4.57. The topological polar surface area (TPSA) is 66.5 Å². The van der Waals surface area contributed by atoms with Crippen LogP contribution in [0.3, 0.4) is 0 Å². The number of nitrogens with one attached hydrogen (secondary N) is 1. The normalized spacial score (nSPS) is 18.0. The van der Waals surface area contributed by atoms with Crippen LogP contribution in [-0.4, -0.2) is 31.7 Å². The molecule has 1 fully saturated rings. The summed E-state index contributed by atoms with van der Waals surface area (Å²) in [5, 5.41) is 4.02. The van der Waals surface area contributed by atoms with E-state index in [9.17, 15) is 13.2 Å². The van der Waals surface area contributed by atoms with Crippen molar-refractivity contribution >= 4 is 56.4 Å². The Kier molecular flexibility index (Phi) is 6.89. The predicted octanol–water partition coefficient (Wildman–Crippen LogP) is 4.83. The molecule has 0 spiro atoms. The fourth-order valence-electron chi connectivity index (χ4n) is 3.15. The van der Waals surface area contributed by atoms with Gasteiger partial charge in [0.1, 0.15) is 0 Å². The van der Waals surface area contributed by atoms with Gasteiger partial charge in [-0.3, -0.25) is 4.79 Å². The molecule has 2 aromatic rings. The molecular formula is C19H19Cl3N2O3S. The summed E-state index contributed by atoms with van der Waals surface area (Å²) in [5.74, 6) is -0.819. The van der Waals surface area contributed by atoms with Gasteiger partial charge in [-0.2, -0.15) is 0 Å². The molecule has 1 heterocycles. The molecule has 0 aromatic heterocycles. The SMILES string of the molecule is O=C(Nc1cccc(Cl)c1)C1CCCN(S(=O)(=O)Cc2ccc(Cl)c(Cl)c2)C1. The molecule has 0 saturated carbocycles. The molecule has 3 rings (SSSR count). The number of rotatable bonds is 5. The Morgan fingerprint density at radius 2 is 1.89 bits per heavy atom. The Labute approximate surface area is 179 Å². The molecule has 5 nitrogen and oxygen atoms in total. The summed E-state index contributed by atoms with van der Waals surface area (Å²) in [6, 6.07) is 11.6. The lowest BCUT2D eigenvalue weighted by molar-refractivity contribution is -0.120. The van der Waals surface area contributed by atoms with Gasteiger partial charge in [0.25, 0.3) is 0 Å². The zero-order valence-electron chi connectivity index (χ0n) is 14.9. The van der Waals surface area contributed by atoms with Crippen molar-refractivity contribution < 1.29 is 13.2 Å². The number of hydrogen-bond acceptors (Lipinski definition) is 3. The molecule has 0 radical (unpaired) electrons. The number of carbonyl (C=O) groups excluding carboxylic acids is 1. The number of amides is 1. The molecule has 0 aliphatic carbocycles. The standard InChI is InChI=1S/C19H19Cl3N2O3S/c20-15-4-1-5-16(10-15)23-19(25)14-3-2-8-24(11-14)28(26,27)12-13-6-7-17(21)18(22)9-13/h1,4-7,9-10,14H,2-3,8,11-12H2,(H,23,25). The number of sulfonamides is 1. The lowest BCUT2D eigenvalue weighted by Crippen LogP contribution is -2.44. The number of benzene rings is 2. The van der Waals surface area contributed by atoms with Crippen LogP contribution in [0.1, 0.15) is 18.4 Å². The van der Waals surface area contributed by atoms with E-state index < -0.39 is 15.9 Å². The minimum absolute atomic E-state index is 0.149. The van der Waals surface area contributed by atoms with E-state index in [-0.39, 0.29) is 18.2 Å². The number of piperidine rings is 1. The van der Waals surface area contributed by atoms with Crippen molar-refractivity contribution in [2.24, 2.45) is 5.92 Å². The minimum atomic E-state index is -3.58. The van der Waals surface area contributed by atoms with E-state index in [4.69, 9.17) is 34.8 Å². The Bertz CT molecular complexity index is 982. The van der Waals surface area contributed by atoms with E-state index in [0.29, 0.717) is 45.7 Å². The molecule has 2 aromatic carbocycles. The summed E-state index contributed by atoms with van der Waals surface area (Å²) in [4.78, 5) is 12.6. The third-order valence-corrected chi connectivity index (χ3v) is 7.36. The summed E-state index contributed by atoms with van der Waals surface area (Å²) >= 11 is 17.8. The number of hydrogen-bond donors (Lipinski definition) is 1. The van der Waals surface area contributed by atoms with Crippen molar-refractivity contribution in [2.45, 2.75) is 18.6 Å². The van der Waals surface area contributed by atoms with Gasteiger partial charge in [0.15, 0.2) is 0 Å². The molecule has 150 valence electrons. The Morgan fingerprint density at radius 3 is 2.61 bits per heavy atom. The molecular weight excluding hydrogens is 443 g/mol. The third kappa shape index (κ3) is 5.39.